The third kappa shape index (κ3) is 6.56. The summed E-state index contributed by atoms with van der Waals surface area (Å²) >= 11 is 0. The summed E-state index contributed by atoms with van der Waals surface area (Å²) in [5.41, 5.74) is -0.992. The van der Waals surface area contributed by atoms with Crippen LogP contribution < -0.4 is 16.0 Å². The van der Waals surface area contributed by atoms with Crippen molar-refractivity contribution in [3.63, 3.8) is 0 Å². The van der Waals surface area contributed by atoms with Crippen molar-refractivity contribution >= 4 is 23.6 Å². The fourth-order valence-electron chi connectivity index (χ4n) is 4.27. The number of aromatic nitrogens is 2. The van der Waals surface area contributed by atoms with E-state index in [2.05, 4.69) is 32.5 Å². The molecule has 33 heavy (non-hydrogen) atoms. The molecule has 2 unspecified atom stereocenters. The number of nitrogens with one attached hydrogen (secondary N) is 3. The molecule has 0 bridgehead atoms. The quantitative estimate of drug-likeness (QED) is 0.450. The van der Waals surface area contributed by atoms with Gasteiger partial charge in [0.15, 0.2) is 0 Å². The van der Waals surface area contributed by atoms with Crippen LogP contribution in [0.5, 0.6) is 0 Å². The molecule has 4 N–H and O–H groups in total. The molecule has 1 aliphatic carbocycles. The van der Waals surface area contributed by atoms with Crippen molar-refractivity contribution < 1.29 is 27.9 Å². The van der Waals surface area contributed by atoms with Gasteiger partial charge < -0.3 is 26.0 Å². The lowest BCUT2D eigenvalue weighted by atomic mass is 9.90. The SMILES string of the molecule is C=CC(=O)NC1CCCCC1Nc1nc(N[C@@H]2CCCN(C(=O)CO)C2)ncc1C(F)(F)F. The van der Waals surface area contributed by atoms with Gasteiger partial charge in [0, 0.05) is 37.4 Å². The molecule has 9 nitrogen and oxygen atoms in total. The molecule has 0 radical (unpaired) electrons. The molecule has 12 heteroatoms. The number of hydrogen-bond acceptors (Lipinski definition) is 7. The molecular weight excluding hydrogens is 441 g/mol. The van der Waals surface area contributed by atoms with Crippen LogP contribution in [0.3, 0.4) is 0 Å². The maximum atomic E-state index is 13.6. The first-order chi connectivity index (χ1) is 15.7. The van der Waals surface area contributed by atoms with Crippen molar-refractivity contribution in [2.75, 3.05) is 30.3 Å². The fraction of sp³-hybridized carbons (Fsp3) is 0.619. The number of aliphatic hydroxyl groups is 1. The molecule has 2 amide bonds. The number of rotatable bonds is 7. The van der Waals surface area contributed by atoms with Crippen molar-refractivity contribution in [1.82, 2.24) is 20.2 Å². The van der Waals surface area contributed by atoms with Crippen LogP contribution in [0.2, 0.25) is 0 Å². The number of anilines is 2. The van der Waals surface area contributed by atoms with Gasteiger partial charge in [-0.05, 0) is 31.8 Å². The minimum atomic E-state index is -4.66. The Balaban J connectivity index is 1.79. The van der Waals surface area contributed by atoms with Gasteiger partial charge in [-0.1, -0.05) is 19.4 Å². The molecule has 3 rings (SSSR count). The number of piperidine rings is 1. The third-order valence-electron chi connectivity index (χ3n) is 5.94. The lowest BCUT2D eigenvalue weighted by molar-refractivity contribution is -0.137. The van der Waals surface area contributed by atoms with Crippen LogP contribution in [0.4, 0.5) is 24.9 Å². The van der Waals surface area contributed by atoms with E-state index in [1.165, 1.54) is 4.90 Å². The van der Waals surface area contributed by atoms with Gasteiger partial charge in [-0.2, -0.15) is 18.2 Å². The molecule has 0 aromatic carbocycles. The van der Waals surface area contributed by atoms with Crippen LogP contribution in [-0.2, 0) is 15.8 Å². The van der Waals surface area contributed by atoms with Crippen LogP contribution in [0.25, 0.3) is 0 Å². The zero-order valence-electron chi connectivity index (χ0n) is 18.2. The van der Waals surface area contributed by atoms with Gasteiger partial charge in [-0.25, -0.2) is 4.98 Å². The summed E-state index contributed by atoms with van der Waals surface area (Å²) in [4.78, 5) is 33.0. The van der Waals surface area contributed by atoms with E-state index in [1.807, 2.05) is 0 Å². The molecule has 2 aliphatic rings. The Hall–Kier alpha value is -2.89. The molecule has 1 saturated carbocycles. The minimum absolute atomic E-state index is 0.0104. The highest BCUT2D eigenvalue weighted by Gasteiger charge is 2.37. The van der Waals surface area contributed by atoms with Crippen LogP contribution >= 0.6 is 0 Å². The van der Waals surface area contributed by atoms with Crippen LogP contribution in [-0.4, -0.2) is 69.6 Å². The van der Waals surface area contributed by atoms with E-state index in [-0.39, 0.29) is 29.8 Å². The maximum Gasteiger partial charge on any atom is 0.421 e. The normalized spacial score (nSPS) is 23.5. The summed E-state index contributed by atoms with van der Waals surface area (Å²) in [6.07, 6.45) is 1.44. The summed E-state index contributed by atoms with van der Waals surface area (Å²) in [5.74, 6) is -1.13. The molecule has 3 atom stereocenters. The standard InChI is InChI=1S/C21H29F3N6O3/c1-2-17(32)27-15-7-3-4-8-16(15)28-19-14(21(22,23)24)10-25-20(29-19)26-13-6-5-9-30(11-13)18(33)12-31/h2,10,13,15-16,31H,1,3-9,11-12H2,(H,27,32)(H2,25,26,28,29)/t13-,15?,16?/m1/s1. The van der Waals surface area contributed by atoms with Gasteiger partial charge >= 0.3 is 6.18 Å². The van der Waals surface area contributed by atoms with Crippen LogP contribution in [0.15, 0.2) is 18.9 Å². The predicted molar refractivity (Wildman–Crippen MR) is 115 cm³/mol. The molecule has 0 spiro atoms. The van der Waals surface area contributed by atoms with E-state index in [0.717, 1.165) is 25.1 Å². The van der Waals surface area contributed by atoms with E-state index < -0.39 is 30.3 Å². The Morgan fingerprint density at radius 2 is 1.91 bits per heavy atom. The van der Waals surface area contributed by atoms with Crippen molar-refractivity contribution in [3.8, 4) is 0 Å². The Labute approximate surface area is 189 Å². The first-order valence-electron chi connectivity index (χ1n) is 11.0. The molecule has 1 aromatic rings. The average Bonchev–Trinajstić information content (AvgIpc) is 2.79. The molecule has 2 heterocycles. The van der Waals surface area contributed by atoms with Crippen molar-refractivity contribution in [1.29, 1.82) is 0 Å². The number of alkyl halides is 3. The van der Waals surface area contributed by atoms with E-state index in [1.54, 1.807) is 0 Å². The van der Waals surface area contributed by atoms with E-state index in [9.17, 15) is 22.8 Å². The highest BCUT2D eigenvalue weighted by Crippen LogP contribution is 2.35. The van der Waals surface area contributed by atoms with E-state index in [4.69, 9.17) is 5.11 Å². The number of carbonyl (C=O) groups is 2. The monoisotopic (exact) mass is 470 g/mol. The molecule has 1 aromatic heterocycles. The molecule has 1 aliphatic heterocycles. The molecule has 182 valence electrons. The molecular formula is C21H29F3N6O3. The Morgan fingerprint density at radius 1 is 1.18 bits per heavy atom. The lowest BCUT2D eigenvalue weighted by Crippen LogP contribution is -2.48. The second-order valence-corrected chi connectivity index (χ2v) is 8.29. The fourth-order valence-corrected chi connectivity index (χ4v) is 4.27. The second kappa shape index (κ2) is 10.8. The van der Waals surface area contributed by atoms with Gasteiger partial charge in [0.25, 0.3) is 0 Å². The first kappa shape index (κ1) is 24.7. The van der Waals surface area contributed by atoms with Crippen molar-refractivity contribution in [2.45, 2.75) is 62.8 Å². The van der Waals surface area contributed by atoms with E-state index in [0.29, 0.717) is 38.8 Å². The number of hydrogen-bond donors (Lipinski definition) is 4. The number of halogens is 3. The topological polar surface area (TPSA) is 119 Å². The van der Waals surface area contributed by atoms with Gasteiger partial charge in [-0.15, -0.1) is 0 Å². The largest absolute Gasteiger partial charge is 0.421 e. The highest BCUT2D eigenvalue weighted by atomic mass is 19.4. The Kier molecular flexibility index (Phi) is 8.11. The highest BCUT2D eigenvalue weighted by molar-refractivity contribution is 5.87. The second-order valence-electron chi connectivity index (χ2n) is 8.29. The van der Waals surface area contributed by atoms with Gasteiger partial charge in [0.1, 0.15) is 18.0 Å². The average molecular weight is 470 g/mol. The summed E-state index contributed by atoms with van der Waals surface area (Å²) in [7, 11) is 0. The Bertz CT molecular complexity index is 866. The summed E-state index contributed by atoms with van der Waals surface area (Å²) in [6.45, 7) is 3.64. The van der Waals surface area contributed by atoms with Crippen molar-refractivity contribution in [3.05, 3.63) is 24.4 Å². The van der Waals surface area contributed by atoms with Crippen LogP contribution in [0, 0.1) is 0 Å². The van der Waals surface area contributed by atoms with Gasteiger partial charge in [-0.3, -0.25) is 9.59 Å². The Morgan fingerprint density at radius 3 is 2.58 bits per heavy atom. The van der Waals surface area contributed by atoms with Crippen LogP contribution in [0.1, 0.15) is 44.1 Å². The minimum Gasteiger partial charge on any atom is -0.387 e. The maximum absolute atomic E-state index is 13.6. The van der Waals surface area contributed by atoms with Crippen molar-refractivity contribution in [2.24, 2.45) is 0 Å². The zero-order chi connectivity index (χ0) is 24.0. The number of amides is 2. The molecule has 2 fully saturated rings. The number of nitrogens with zero attached hydrogens (tertiary/aromatic N) is 3. The smallest absolute Gasteiger partial charge is 0.387 e. The van der Waals surface area contributed by atoms with Gasteiger partial charge in [0.05, 0.1) is 0 Å². The zero-order valence-corrected chi connectivity index (χ0v) is 18.2. The number of aliphatic hydroxyl groups excluding tert-OH is 1. The summed E-state index contributed by atoms with van der Waals surface area (Å²) in [6, 6.07) is -1.04. The molecule has 1 saturated heterocycles. The lowest BCUT2D eigenvalue weighted by Gasteiger charge is -2.34. The van der Waals surface area contributed by atoms with Gasteiger partial charge in [0.2, 0.25) is 17.8 Å². The predicted octanol–water partition coefficient (Wildman–Crippen LogP) is 1.92. The summed E-state index contributed by atoms with van der Waals surface area (Å²) in [5, 5.41) is 17.8. The number of likely N-dealkylation sites (tertiary alicyclic amines) is 1. The third-order valence-corrected chi connectivity index (χ3v) is 5.94. The number of carbonyl (C=O) groups excluding carboxylic acids is 2. The van der Waals surface area contributed by atoms with E-state index >= 15 is 0 Å². The first-order valence-corrected chi connectivity index (χ1v) is 11.0. The summed E-state index contributed by atoms with van der Waals surface area (Å²) < 4.78 is 40.9.